The number of ether oxygens (including phenoxy) is 2. The third-order valence-corrected chi connectivity index (χ3v) is 5.35. The fourth-order valence-electron chi connectivity index (χ4n) is 3.90. The van der Waals surface area contributed by atoms with Crippen LogP contribution in [0.1, 0.15) is 27.0 Å². The first-order valence-electron chi connectivity index (χ1n) is 9.49. The van der Waals surface area contributed by atoms with E-state index in [9.17, 15) is 4.79 Å². The van der Waals surface area contributed by atoms with Crippen molar-refractivity contribution in [2.45, 2.75) is 19.4 Å². The van der Waals surface area contributed by atoms with Gasteiger partial charge < -0.3 is 26.5 Å². The topological polar surface area (TPSA) is 39.4 Å². The summed E-state index contributed by atoms with van der Waals surface area (Å²) >= 11 is 0. The van der Waals surface area contributed by atoms with Crippen molar-refractivity contribution < 1.29 is 35.8 Å². The summed E-state index contributed by atoms with van der Waals surface area (Å²) in [5, 5.41) is 0. The molecule has 0 bridgehead atoms. The number of rotatable bonds is 6. The van der Waals surface area contributed by atoms with E-state index in [1.54, 1.807) is 20.3 Å². The third kappa shape index (κ3) is 4.51. The quantitative estimate of drug-likeness (QED) is 0.514. The number of fused-ring (bicyclic) bond motifs is 1. The van der Waals surface area contributed by atoms with E-state index in [-0.39, 0.29) is 28.7 Å². The molecule has 5 heteroatoms. The molecule has 0 saturated heterocycles. The van der Waals surface area contributed by atoms with Crippen LogP contribution < -0.4 is 31.0 Å². The molecule has 2 aromatic carbocycles. The highest BCUT2D eigenvalue weighted by molar-refractivity contribution is 6.05. The lowest BCUT2D eigenvalue weighted by molar-refractivity contribution is -0.688. The van der Waals surface area contributed by atoms with Crippen LogP contribution in [0.4, 0.5) is 0 Å². The van der Waals surface area contributed by atoms with Gasteiger partial charge in [0.25, 0.3) is 0 Å². The molecule has 0 saturated carbocycles. The Labute approximate surface area is 181 Å². The third-order valence-electron chi connectivity index (χ3n) is 5.35. The highest BCUT2D eigenvalue weighted by Gasteiger charge is 2.34. The van der Waals surface area contributed by atoms with Crippen LogP contribution in [0.5, 0.6) is 11.5 Å². The van der Waals surface area contributed by atoms with Gasteiger partial charge in [-0.05, 0) is 30.0 Å². The maximum Gasteiger partial charge on any atom is 0.173 e. The molecule has 0 spiro atoms. The molecule has 1 heterocycles. The van der Waals surface area contributed by atoms with Crippen molar-refractivity contribution in [3.05, 3.63) is 89.2 Å². The number of carbonyl (C=O) groups is 1. The van der Waals surface area contributed by atoms with Crippen LogP contribution in [0.25, 0.3) is 0 Å². The van der Waals surface area contributed by atoms with Crippen LogP contribution in [0, 0.1) is 5.92 Å². The molecule has 150 valence electrons. The second-order valence-electron chi connectivity index (χ2n) is 7.20. The Kier molecular flexibility index (Phi) is 6.70. The molecule has 0 fully saturated rings. The Morgan fingerprint density at radius 2 is 1.69 bits per heavy atom. The molecule has 4 rings (SSSR count). The number of pyridine rings is 1. The van der Waals surface area contributed by atoms with Crippen LogP contribution >= 0.6 is 0 Å². The Bertz CT molecular complexity index is 987. The Balaban J connectivity index is 0.00000240. The fourth-order valence-corrected chi connectivity index (χ4v) is 3.90. The summed E-state index contributed by atoms with van der Waals surface area (Å²) in [6.45, 7) is 0.839. The predicted molar refractivity (Wildman–Crippen MR) is 107 cm³/mol. The molecule has 1 atom stereocenters. The fraction of sp³-hybridized carbons (Fsp3) is 0.250. The predicted octanol–water partition coefficient (Wildman–Crippen LogP) is 0.641. The van der Waals surface area contributed by atoms with Gasteiger partial charge in [0.05, 0.1) is 19.8 Å². The number of hydrogen-bond donors (Lipinski definition) is 0. The summed E-state index contributed by atoms with van der Waals surface area (Å²) in [5.41, 5.74) is 4.16. The average molecular weight is 454 g/mol. The maximum absolute atomic E-state index is 13.0. The molecule has 1 unspecified atom stereocenters. The van der Waals surface area contributed by atoms with Crippen molar-refractivity contribution in [1.82, 2.24) is 0 Å². The Hall–Kier alpha value is -2.66. The zero-order chi connectivity index (χ0) is 19.5. The summed E-state index contributed by atoms with van der Waals surface area (Å²) < 4.78 is 12.9. The van der Waals surface area contributed by atoms with Crippen LogP contribution in [0.2, 0.25) is 0 Å². The van der Waals surface area contributed by atoms with Crippen molar-refractivity contribution in [2.75, 3.05) is 14.2 Å². The van der Waals surface area contributed by atoms with E-state index in [4.69, 9.17) is 9.47 Å². The van der Waals surface area contributed by atoms with Gasteiger partial charge in [-0.2, -0.15) is 0 Å². The first-order chi connectivity index (χ1) is 13.7. The lowest BCUT2D eigenvalue weighted by Crippen LogP contribution is -3.00. The van der Waals surface area contributed by atoms with E-state index in [2.05, 4.69) is 53.4 Å². The van der Waals surface area contributed by atoms with Gasteiger partial charge in [-0.3, -0.25) is 4.79 Å². The Morgan fingerprint density at radius 3 is 2.34 bits per heavy atom. The summed E-state index contributed by atoms with van der Waals surface area (Å²) in [7, 11) is 3.22. The number of benzene rings is 2. The van der Waals surface area contributed by atoms with E-state index in [1.165, 1.54) is 11.1 Å². The van der Waals surface area contributed by atoms with Gasteiger partial charge in [0, 0.05) is 29.7 Å². The Morgan fingerprint density at radius 1 is 0.966 bits per heavy atom. The van der Waals surface area contributed by atoms with E-state index in [1.807, 2.05) is 12.1 Å². The van der Waals surface area contributed by atoms with Gasteiger partial charge in [0.2, 0.25) is 0 Å². The van der Waals surface area contributed by atoms with Gasteiger partial charge in [-0.1, -0.05) is 30.3 Å². The maximum atomic E-state index is 13.0. The molecule has 0 amide bonds. The zero-order valence-corrected chi connectivity index (χ0v) is 18.2. The van der Waals surface area contributed by atoms with E-state index in [0.717, 1.165) is 30.7 Å². The van der Waals surface area contributed by atoms with Crippen LogP contribution in [0.15, 0.2) is 67.0 Å². The van der Waals surface area contributed by atoms with Gasteiger partial charge in [-0.25, -0.2) is 4.57 Å². The summed E-state index contributed by atoms with van der Waals surface area (Å²) in [5.74, 6) is 1.44. The monoisotopic (exact) mass is 453 g/mol. The van der Waals surface area contributed by atoms with Crippen LogP contribution in [-0.4, -0.2) is 20.0 Å². The first kappa shape index (κ1) is 21.1. The number of carbonyl (C=O) groups excluding carboxylic acids is 1. The minimum absolute atomic E-state index is 0. The molecule has 4 nitrogen and oxygen atoms in total. The highest BCUT2D eigenvalue weighted by atomic mass is 79.9. The lowest BCUT2D eigenvalue weighted by Gasteiger charge is -2.09. The van der Waals surface area contributed by atoms with Crippen LogP contribution in [-0.2, 0) is 19.4 Å². The molecule has 29 heavy (non-hydrogen) atoms. The number of methoxy groups -OCH3 is 2. The number of ketones is 1. The standard InChI is InChI=1S/C24H24NO3.BrH/c1-27-21-14-19-13-20(24(26)23(19)22(15-21)28-2)12-17-8-10-25(11-9-17)16-18-6-4-3-5-7-18;/h3-11,14-15,20H,12-13,16H2,1-2H3;1H/q+1;/p-1. The number of halogens is 1. The molecular formula is C24H24BrNO3. The number of nitrogens with zero attached hydrogens (tertiary/aromatic N) is 1. The van der Waals surface area contributed by atoms with Crippen molar-refractivity contribution >= 4 is 5.78 Å². The first-order valence-corrected chi connectivity index (χ1v) is 9.49. The second-order valence-corrected chi connectivity index (χ2v) is 7.20. The van der Waals surface area contributed by atoms with Crippen LogP contribution in [0.3, 0.4) is 0 Å². The van der Waals surface area contributed by atoms with Crippen molar-refractivity contribution in [1.29, 1.82) is 0 Å². The molecule has 1 aliphatic carbocycles. The molecule has 0 radical (unpaired) electrons. The van der Waals surface area contributed by atoms with Gasteiger partial charge >= 0.3 is 0 Å². The second kappa shape index (κ2) is 9.23. The minimum Gasteiger partial charge on any atom is -1.00 e. The van der Waals surface area contributed by atoms with Gasteiger partial charge in [0.1, 0.15) is 11.5 Å². The smallest absolute Gasteiger partial charge is 0.173 e. The number of Topliss-reactive ketones (excluding diaryl/α,β-unsaturated/α-hetero) is 1. The zero-order valence-electron chi connectivity index (χ0n) is 16.6. The van der Waals surface area contributed by atoms with E-state index < -0.39 is 0 Å². The summed E-state index contributed by atoms with van der Waals surface area (Å²) in [4.78, 5) is 13.0. The van der Waals surface area contributed by atoms with E-state index >= 15 is 0 Å². The summed E-state index contributed by atoms with van der Waals surface area (Å²) in [6.07, 6.45) is 5.61. The van der Waals surface area contributed by atoms with Crippen molar-refractivity contribution in [3.8, 4) is 11.5 Å². The molecule has 0 N–H and O–H groups in total. The molecule has 0 aliphatic heterocycles. The number of hydrogen-bond acceptors (Lipinski definition) is 3. The van der Waals surface area contributed by atoms with Crippen molar-refractivity contribution in [3.63, 3.8) is 0 Å². The number of aromatic nitrogens is 1. The van der Waals surface area contributed by atoms with E-state index in [0.29, 0.717) is 11.3 Å². The molecular weight excluding hydrogens is 430 g/mol. The highest BCUT2D eigenvalue weighted by Crippen LogP contribution is 2.38. The molecule has 1 aromatic heterocycles. The minimum atomic E-state index is -0.0546. The summed E-state index contributed by atoms with van der Waals surface area (Å²) in [6, 6.07) is 18.3. The largest absolute Gasteiger partial charge is 1.00 e. The normalized spacial score (nSPS) is 14.8. The molecule has 3 aromatic rings. The van der Waals surface area contributed by atoms with Crippen molar-refractivity contribution in [2.24, 2.45) is 5.92 Å². The average Bonchev–Trinajstić information content (AvgIpc) is 3.05. The van der Waals surface area contributed by atoms with Gasteiger partial charge in [-0.15, -0.1) is 0 Å². The molecule has 1 aliphatic rings. The lowest BCUT2D eigenvalue weighted by atomic mass is 9.96. The van der Waals surface area contributed by atoms with Gasteiger partial charge in [0.15, 0.2) is 24.7 Å². The SMILES string of the molecule is COc1cc2c(c(OC)c1)C(=O)C(Cc1cc[n+](Cc3ccccc3)cc1)C2.[Br-].